The van der Waals surface area contributed by atoms with Gasteiger partial charge in [0.15, 0.2) is 0 Å². The minimum Gasteiger partial charge on any atom is -0.0832 e. The second-order valence-corrected chi connectivity index (χ2v) is 7.89. The maximum atomic E-state index is 2.31. The monoisotopic (exact) mass is 320 g/mol. The van der Waals surface area contributed by atoms with Crippen LogP contribution < -0.4 is 0 Å². The van der Waals surface area contributed by atoms with Gasteiger partial charge in [0, 0.05) is 5.92 Å². The Hall–Kier alpha value is -1.82. The van der Waals surface area contributed by atoms with Gasteiger partial charge in [-0.05, 0) is 60.4 Å². The van der Waals surface area contributed by atoms with E-state index in [9.17, 15) is 0 Å². The van der Waals surface area contributed by atoms with E-state index in [1.807, 2.05) is 0 Å². The highest BCUT2D eigenvalue weighted by atomic mass is 14.2. The van der Waals surface area contributed by atoms with Crippen LogP contribution >= 0.6 is 0 Å². The molecule has 0 spiro atoms. The van der Waals surface area contributed by atoms with Crippen LogP contribution in [0.5, 0.6) is 0 Å². The van der Waals surface area contributed by atoms with Crippen molar-refractivity contribution in [3.8, 4) is 0 Å². The first-order chi connectivity index (χ1) is 11.3. The lowest BCUT2D eigenvalue weighted by molar-refractivity contribution is 0.590. The van der Waals surface area contributed by atoms with E-state index in [2.05, 4.69) is 97.0 Å². The zero-order valence-corrected chi connectivity index (χ0v) is 16.4. The predicted octanol–water partition coefficient (Wildman–Crippen LogP) is 7.20. The molecule has 0 saturated carbocycles. The maximum Gasteiger partial charge on any atom is 0.00920 e. The number of hydrogen-bond donors (Lipinski definition) is 0. The quantitative estimate of drug-likeness (QED) is 0.559. The lowest BCUT2D eigenvalue weighted by Crippen LogP contribution is -2.11. The van der Waals surface area contributed by atoms with Crippen molar-refractivity contribution in [2.24, 2.45) is 0 Å². The molecule has 0 fully saturated rings. The van der Waals surface area contributed by atoms with Gasteiger partial charge in [-0.2, -0.15) is 0 Å². The summed E-state index contributed by atoms with van der Waals surface area (Å²) in [5, 5.41) is 0. The van der Waals surface area contributed by atoms with Crippen LogP contribution in [0.15, 0.2) is 48.5 Å². The van der Waals surface area contributed by atoms with Gasteiger partial charge >= 0.3 is 0 Å². The lowest BCUT2D eigenvalue weighted by atomic mass is 9.81. The largest absolute Gasteiger partial charge is 0.0832 e. The van der Waals surface area contributed by atoms with E-state index in [0.717, 1.165) is 6.42 Å². The van der Waals surface area contributed by atoms with Crippen LogP contribution in [-0.2, 0) is 5.41 Å². The highest BCUT2D eigenvalue weighted by molar-refractivity contribution is 5.72. The third kappa shape index (κ3) is 3.98. The molecule has 0 nitrogen and oxygen atoms in total. The summed E-state index contributed by atoms with van der Waals surface area (Å²) < 4.78 is 0. The summed E-state index contributed by atoms with van der Waals surface area (Å²) in [5.74, 6) is 0.455. The van der Waals surface area contributed by atoms with E-state index in [1.54, 1.807) is 0 Å². The van der Waals surface area contributed by atoms with E-state index >= 15 is 0 Å². The molecule has 0 radical (unpaired) electrons. The highest BCUT2D eigenvalue weighted by Crippen LogP contribution is 2.37. The van der Waals surface area contributed by atoms with E-state index < -0.39 is 0 Å². The Morgan fingerprint density at radius 1 is 1.00 bits per heavy atom. The summed E-state index contributed by atoms with van der Waals surface area (Å²) in [4.78, 5) is 0. The van der Waals surface area contributed by atoms with Crippen LogP contribution in [0, 0.1) is 13.8 Å². The SMILES string of the molecule is C/C=C(/c1ccc(C(C)(C)C)cc1)C(CC)c1ccc(C)cc1C. The number of benzene rings is 2. The minimum atomic E-state index is 0.201. The van der Waals surface area contributed by atoms with E-state index in [-0.39, 0.29) is 5.41 Å². The second-order valence-electron chi connectivity index (χ2n) is 7.89. The van der Waals surface area contributed by atoms with Crippen molar-refractivity contribution in [2.45, 2.75) is 66.2 Å². The molecule has 0 aliphatic heterocycles. The van der Waals surface area contributed by atoms with Gasteiger partial charge in [-0.15, -0.1) is 0 Å². The molecule has 0 aromatic heterocycles. The van der Waals surface area contributed by atoms with Crippen LogP contribution in [0.4, 0.5) is 0 Å². The standard InChI is InChI=1S/C24H32/c1-8-21(19-11-13-20(14-12-19)24(5,6)7)22(9-2)23-15-10-17(3)16-18(23)4/h8,10-16,22H,9H2,1-7H3/b21-8-. The molecule has 0 aliphatic carbocycles. The van der Waals surface area contributed by atoms with Gasteiger partial charge in [-0.25, -0.2) is 0 Å². The van der Waals surface area contributed by atoms with E-state index in [0.29, 0.717) is 5.92 Å². The molecule has 0 heterocycles. The topological polar surface area (TPSA) is 0 Å². The van der Waals surface area contributed by atoms with Crippen molar-refractivity contribution in [2.75, 3.05) is 0 Å². The van der Waals surface area contributed by atoms with Crippen LogP contribution in [0.25, 0.3) is 5.57 Å². The average molecular weight is 321 g/mol. The van der Waals surface area contributed by atoms with Gasteiger partial charge in [-0.3, -0.25) is 0 Å². The summed E-state index contributed by atoms with van der Waals surface area (Å²) in [6.07, 6.45) is 3.41. The zero-order valence-electron chi connectivity index (χ0n) is 16.4. The van der Waals surface area contributed by atoms with Crippen molar-refractivity contribution in [3.63, 3.8) is 0 Å². The van der Waals surface area contributed by atoms with Crippen molar-refractivity contribution in [3.05, 3.63) is 76.4 Å². The Bertz CT molecular complexity index is 709. The molecule has 0 heteroatoms. The number of aryl methyl sites for hydroxylation is 2. The first kappa shape index (κ1) is 18.5. The van der Waals surface area contributed by atoms with Gasteiger partial charge in [0.05, 0.1) is 0 Å². The molecule has 128 valence electrons. The fourth-order valence-electron chi connectivity index (χ4n) is 3.56. The van der Waals surface area contributed by atoms with E-state index in [4.69, 9.17) is 0 Å². The highest BCUT2D eigenvalue weighted by Gasteiger charge is 2.19. The Morgan fingerprint density at radius 2 is 1.62 bits per heavy atom. The minimum absolute atomic E-state index is 0.201. The molecule has 2 aromatic rings. The van der Waals surface area contributed by atoms with Gasteiger partial charge in [0.1, 0.15) is 0 Å². The molecular weight excluding hydrogens is 288 g/mol. The van der Waals surface area contributed by atoms with Gasteiger partial charge < -0.3 is 0 Å². The summed E-state index contributed by atoms with van der Waals surface area (Å²) in [6, 6.07) is 16.0. The summed E-state index contributed by atoms with van der Waals surface area (Å²) >= 11 is 0. The Balaban J connectivity index is 2.42. The number of allylic oxidation sites excluding steroid dienone is 2. The van der Waals surface area contributed by atoms with Gasteiger partial charge in [-0.1, -0.05) is 81.8 Å². The third-order valence-electron chi connectivity index (χ3n) is 4.98. The molecule has 24 heavy (non-hydrogen) atoms. The van der Waals surface area contributed by atoms with E-state index in [1.165, 1.54) is 33.4 Å². The molecule has 0 aliphatic rings. The summed E-state index contributed by atoms with van der Waals surface area (Å²) in [7, 11) is 0. The molecule has 0 bridgehead atoms. The summed E-state index contributed by atoms with van der Waals surface area (Å²) in [5.41, 5.74) is 8.56. The molecule has 0 N–H and O–H groups in total. The zero-order chi connectivity index (χ0) is 17.9. The second kappa shape index (κ2) is 7.38. The molecule has 1 unspecified atom stereocenters. The van der Waals surface area contributed by atoms with Crippen LogP contribution in [0.2, 0.25) is 0 Å². The van der Waals surface area contributed by atoms with Crippen LogP contribution in [-0.4, -0.2) is 0 Å². The smallest absolute Gasteiger partial charge is 0.00920 e. The lowest BCUT2D eigenvalue weighted by Gasteiger charge is -2.24. The summed E-state index contributed by atoms with van der Waals surface area (Å²) in [6.45, 7) is 15.7. The Morgan fingerprint density at radius 3 is 2.08 bits per heavy atom. The first-order valence-electron chi connectivity index (χ1n) is 9.12. The molecular formula is C24H32. The van der Waals surface area contributed by atoms with Crippen molar-refractivity contribution in [1.29, 1.82) is 0 Å². The average Bonchev–Trinajstić information content (AvgIpc) is 2.53. The van der Waals surface area contributed by atoms with Crippen molar-refractivity contribution >= 4 is 5.57 Å². The molecule has 1 atom stereocenters. The first-order valence-corrected chi connectivity index (χ1v) is 9.12. The normalized spacial score (nSPS) is 13.9. The van der Waals surface area contributed by atoms with Crippen LogP contribution in [0.3, 0.4) is 0 Å². The number of rotatable bonds is 4. The fraction of sp³-hybridized carbons (Fsp3) is 0.417. The predicted molar refractivity (Wildman–Crippen MR) is 108 cm³/mol. The molecule has 2 aromatic carbocycles. The van der Waals surface area contributed by atoms with Crippen molar-refractivity contribution in [1.82, 2.24) is 0 Å². The van der Waals surface area contributed by atoms with Gasteiger partial charge in [0.2, 0.25) is 0 Å². The molecule has 2 rings (SSSR count). The Kier molecular flexibility index (Phi) is 5.70. The van der Waals surface area contributed by atoms with Crippen LogP contribution in [0.1, 0.15) is 74.8 Å². The number of hydrogen-bond acceptors (Lipinski definition) is 0. The third-order valence-corrected chi connectivity index (χ3v) is 4.98. The molecule has 0 saturated heterocycles. The fourth-order valence-corrected chi connectivity index (χ4v) is 3.56. The Labute approximate surface area is 148 Å². The van der Waals surface area contributed by atoms with Gasteiger partial charge in [0.25, 0.3) is 0 Å². The molecule has 0 amide bonds. The van der Waals surface area contributed by atoms with Crippen molar-refractivity contribution < 1.29 is 0 Å². The maximum absolute atomic E-state index is 2.31.